The van der Waals surface area contributed by atoms with E-state index in [-0.39, 0.29) is 0 Å². The van der Waals surface area contributed by atoms with Crippen LogP contribution in [0, 0.1) is 0 Å². The molecule has 0 rings (SSSR count). The van der Waals surface area contributed by atoms with Crippen molar-refractivity contribution in [2.24, 2.45) is 0 Å². The van der Waals surface area contributed by atoms with Crippen LogP contribution in [0.25, 0.3) is 0 Å². The Bertz CT molecular complexity index is 466. The van der Waals surface area contributed by atoms with Gasteiger partial charge in [0.15, 0.2) is 0 Å². The fraction of sp³-hybridized carbons (Fsp3) is 1.00. The lowest BCUT2D eigenvalue weighted by molar-refractivity contribution is -0.510. The van der Waals surface area contributed by atoms with Crippen molar-refractivity contribution in [3.8, 4) is 0 Å². The highest BCUT2D eigenvalue weighted by Crippen LogP contribution is 2.63. The van der Waals surface area contributed by atoms with Gasteiger partial charge in [-0.2, -0.15) is 52.7 Å². The fourth-order valence-corrected chi connectivity index (χ4v) is 2.49. The number of aliphatic hydroxyl groups excluding tert-OH is 2. The Morgan fingerprint density at radius 2 is 0.656 bits per heavy atom. The third-order valence-electron chi connectivity index (χ3n) is 3.66. The number of ether oxygens (including phenoxy) is 4. The minimum absolute atomic E-state index is 0.712. The zero-order valence-electron chi connectivity index (χ0n) is 15.7. The Labute approximate surface area is 172 Å². The Morgan fingerprint density at radius 1 is 0.406 bits per heavy atom. The first-order valence-electron chi connectivity index (χ1n) is 8.29. The summed E-state index contributed by atoms with van der Waals surface area (Å²) in [4.78, 5) is 0. The molecule has 0 saturated heterocycles. The van der Waals surface area contributed by atoms with Gasteiger partial charge in [-0.25, -0.2) is 0 Å². The zero-order valence-corrected chi connectivity index (χ0v) is 15.7. The van der Waals surface area contributed by atoms with E-state index in [2.05, 4.69) is 18.9 Å². The molecule has 0 bridgehead atoms. The van der Waals surface area contributed by atoms with Crippen LogP contribution in [0.15, 0.2) is 0 Å². The van der Waals surface area contributed by atoms with E-state index >= 15 is 0 Å². The monoisotopic (exact) mass is 510 g/mol. The molecule has 0 spiro atoms. The van der Waals surface area contributed by atoms with E-state index in [1.165, 1.54) is 0 Å². The molecule has 0 aliphatic heterocycles. The van der Waals surface area contributed by atoms with Gasteiger partial charge in [-0.3, -0.25) is 0 Å². The minimum atomic E-state index is -7.36. The van der Waals surface area contributed by atoms with Gasteiger partial charge in [0.25, 0.3) is 0 Å². The summed E-state index contributed by atoms with van der Waals surface area (Å²) in [5.41, 5.74) is -13.9. The van der Waals surface area contributed by atoms with Gasteiger partial charge in [0.1, 0.15) is 0 Å². The lowest BCUT2D eigenvalue weighted by Crippen LogP contribution is -2.82. The highest BCUT2D eigenvalue weighted by Gasteiger charge is 2.96. The molecular formula is C14H18F12O6. The van der Waals surface area contributed by atoms with E-state index in [0.29, 0.717) is 0 Å². The second-order valence-corrected chi connectivity index (χ2v) is 5.72. The van der Waals surface area contributed by atoms with Crippen LogP contribution in [0.1, 0.15) is 0 Å². The van der Waals surface area contributed by atoms with Crippen molar-refractivity contribution < 1.29 is 81.8 Å². The van der Waals surface area contributed by atoms with Crippen LogP contribution < -0.4 is 0 Å². The highest BCUT2D eigenvalue weighted by molar-refractivity contribution is 5.19. The molecule has 0 atom stereocenters. The molecule has 0 aliphatic carbocycles. The van der Waals surface area contributed by atoms with Gasteiger partial charge in [0.2, 0.25) is 0 Å². The molecule has 0 fully saturated rings. The van der Waals surface area contributed by atoms with Crippen LogP contribution in [-0.2, 0) is 18.9 Å². The summed E-state index contributed by atoms with van der Waals surface area (Å²) in [7, 11) is 0. The maximum absolute atomic E-state index is 13.6. The van der Waals surface area contributed by atoms with Crippen LogP contribution in [0.3, 0.4) is 0 Å². The average Bonchev–Trinajstić information content (AvgIpc) is 2.57. The predicted octanol–water partition coefficient (Wildman–Crippen LogP) is 2.76. The third-order valence-corrected chi connectivity index (χ3v) is 3.66. The first-order chi connectivity index (χ1) is 14.4. The van der Waals surface area contributed by atoms with Gasteiger partial charge < -0.3 is 29.2 Å². The molecule has 0 aromatic heterocycles. The summed E-state index contributed by atoms with van der Waals surface area (Å²) in [5.74, 6) is 0. The number of hydrogen-bond acceptors (Lipinski definition) is 6. The molecule has 32 heavy (non-hydrogen) atoms. The van der Waals surface area contributed by atoms with Gasteiger partial charge in [-0.1, -0.05) is 0 Å². The molecule has 0 aromatic carbocycles. The van der Waals surface area contributed by atoms with Gasteiger partial charge in [0, 0.05) is 0 Å². The SMILES string of the molecule is OCCOCCOC(C(F)(F)F)(C(F)(F)F)C(OCCOCCO)(C(F)(F)F)C(F)(F)F. The second kappa shape index (κ2) is 11.4. The van der Waals surface area contributed by atoms with E-state index in [1.54, 1.807) is 0 Å². The first kappa shape index (κ1) is 30.9. The number of alkyl halides is 12. The largest absolute Gasteiger partial charge is 0.430 e. The van der Waals surface area contributed by atoms with Crippen molar-refractivity contribution in [3.05, 3.63) is 0 Å². The summed E-state index contributed by atoms with van der Waals surface area (Å²) in [6, 6.07) is 0. The molecule has 2 N–H and O–H groups in total. The summed E-state index contributed by atoms with van der Waals surface area (Å²) in [6.07, 6.45) is -29.4. The lowest BCUT2D eigenvalue weighted by Gasteiger charge is -2.50. The fourth-order valence-electron chi connectivity index (χ4n) is 2.49. The molecule has 0 aliphatic rings. The van der Waals surface area contributed by atoms with E-state index in [4.69, 9.17) is 10.2 Å². The molecule has 0 saturated carbocycles. The summed E-state index contributed by atoms with van der Waals surface area (Å²) >= 11 is 0. The standard InChI is InChI=1S/C14H18F12O6/c15-11(16,17)9(12(18,19)20,31-7-5-29-3-1-27)10(13(21,22)23,14(24,25)26)32-8-6-30-4-2-28/h27-28H,1-8H2. The molecule has 0 amide bonds. The molecular weight excluding hydrogens is 492 g/mol. The van der Waals surface area contributed by atoms with Gasteiger partial charge >= 0.3 is 35.9 Å². The topological polar surface area (TPSA) is 77.4 Å². The predicted molar refractivity (Wildman–Crippen MR) is 77.4 cm³/mol. The molecule has 194 valence electrons. The molecule has 0 unspecified atom stereocenters. The number of rotatable bonds is 13. The summed E-state index contributed by atoms with van der Waals surface area (Å²) in [6.45, 7) is -9.80. The van der Waals surface area contributed by atoms with Crippen LogP contribution in [0.5, 0.6) is 0 Å². The molecule has 6 nitrogen and oxygen atoms in total. The van der Waals surface area contributed by atoms with E-state index in [1.807, 2.05) is 0 Å². The first-order valence-corrected chi connectivity index (χ1v) is 8.29. The zero-order chi connectivity index (χ0) is 25.5. The Morgan fingerprint density at radius 3 is 0.844 bits per heavy atom. The molecule has 0 radical (unpaired) electrons. The smallest absolute Gasteiger partial charge is 0.394 e. The quantitative estimate of drug-likeness (QED) is 0.293. The van der Waals surface area contributed by atoms with Crippen molar-refractivity contribution >= 4 is 0 Å². The maximum atomic E-state index is 13.6. The second-order valence-electron chi connectivity index (χ2n) is 5.72. The van der Waals surface area contributed by atoms with Gasteiger partial charge in [-0.05, 0) is 0 Å². The Hall–Kier alpha value is -1.08. The maximum Gasteiger partial charge on any atom is 0.430 e. The highest BCUT2D eigenvalue weighted by atomic mass is 19.4. The molecule has 0 heterocycles. The van der Waals surface area contributed by atoms with E-state index in [0.717, 1.165) is 0 Å². The third kappa shape index (κ3) is 6.28. The summed E-state index contributed by atoms with van der Waals surface area (Å²) < 4.78 is 178. The number of aliphatic hydroxyl groups is 2. The van der Waals surface area contributed by atoms with Crippen LogP contribution in [0.4, 0.5) is 52.7 Å². The van der Waals surface area contributed by atoms with Crippen LogP contribution in [0.2, 0.25) is 0 Å². The Balaban J connectivity index is 6.79. The van der Waals surface area contributed by atoms with Crippen LogP contribution >= 0.6 is 0 Å². The lowest BCUT2D eigenvalue weighted by atomic mass is 9.78. The Kier molecular flexibility index (Phi) is 11.0. The number of hydrogen-bond donors (Lipinski definition) is 2. The van der Waals surface area contributed by atoms with Crippen molar-refractivity contribution in [2.75, 3.05) is 52.9 Å². The average molecular weight is 510 g/mol. The number of halogens is 12. The minimum Gasteiger partial charge on any atom is -0.394 e. The van der Waals surface area contributed by atoms with Crippen molar-refractivity contribution in [1.82, 2.24) is 0 Å². The normalized spacial score (nSPS) is 14.8. The van der Waals surface area contributed by atoms with E-state index in [9.17, 15) is 52.7 Å². The summed E-state index contributed by atoms with van der Waals surface area (Å²) in [5, 5.41) is 16.8. The van der Waals surface area contributed by atoms with Gasteiger partial charge in [0.05, 0.1) is 52.9 Å². The van der Waals surface area contributed by atoms with Crippen LogP contribution in [-0.4, -0.2) is 99.0 Å². The van der Waals surface area contributed by atoms with Crippen molar-refractivity contribution in [3.63, 3.8) is 0 Å². The van der Waals surface area contributed by atoms with Crippen molar-refractivity contribution in [2.45, 2.75) is 35.9 Å². The van der Waals surface area contributed by atoms with Crippen molar-refractivity contribution in [1.29, 1.82) is 0 Å². The van der Waals surface area contributed by atoms with Gasteiger partial charge in [-0.15, -0.1) is 0 Å². The molecule has 0 aromatic rings. The molecule has 18 heteroatoms. The van der Waals surface area contributed by atoms with E-state index < -0.39 is 88.8 Å².